The molecule has 2 N–H and O–H groups in total. The molecule has 0 aromatic rings. The Morgan fingerprint density at radius 1 is 1.32 bits per heavy atom. The average molecular weight is 314 g/mol. The topological polar surface area (TPSA) is 61.8 Å². The molecule has 1 rings (SSSR count). The lowest BCUT2D eigenvalue weighted by Gasteiger charge is -2.28. The maximum atomic E-state index is 12.2. The number of nitrogens with zero attached hydrogens (tertiary/aromatic N) is 1. The lowest BCUT2D eigenvalue weighted by Crippen LogP contribution is -2.43. The number of rotatable bonds is 5. The van der Waals surface area contributed by atoms with E-state index in [1.54, 1.807) is 0 Å². The molecule has 5 heteroatoms. The summed E-state index contributed by atoms with van der Waals surface area (Å²) in [6.07, 6.45) is 3.57. The highest BCUT2D eigenvalue weighted by Gasteiger charge is 2.26. The second kappa shape index (κ2) is 8.73. The molecule has 0 aliphatic carbocycles. The molecule has 130 valence electrons. The summed E-state index contributed by atoms with van der Waals surface area (Å²) in [6, 6.07) is 0.745. The standard InChI is InChI=1S/C17H34N2O3/c1-13(2)15(9-12-20)18-14-7-6-10-19(11-8-14)16(21)22-17(3,4)5/h13-15,18,20H,6-12H2,1-5H3. The van der Waals surface area contributed by atoms with Gasteiger partial charge in [-0.2, -0.15) is 0 Å². The minimum absolute atomic E-state index is 0.205. The van der Waals surface area contributed by atoms with Crippen molar-refractivity contribution in [2.75, 3.05) is 19.7 Å². The number of hydrogen-bond donors (Lipinski definition) is 2. The molecule has 0 aromatic heterocycles. The summed E-state index contributed by atoms with van der Waals surface area (Å²) in [4.78, 5) is 14.0. The van der Waals surface area contributed by atoms with Gasteiger partial charge in [-0.15, -0.1) is 0 Å². The monoisotopic (exact) mass is 314 g/mol. The molecule has 2 atom stereocenters. The van der Waals surface area contributed by atoms with E-state index in [-0.39, 0.29) is 12.7 Å². The molecule has 1 aliphatic rings. The van der Waals surface area contributed by atoms with Crippen molar-refractivity contribution in [2.45, 2.75) is 78.0 Å². The van der Waals surface area contributed by atoms with Gasteiger partial charge in [0.25, 0.3) is 0 Å². The molecule has 0 saturated carbocycles. The van der Waals surface area contributed by atoms with Gasteiger partial charge < -0.3 is 20.1 Å². The molecule has 0 spiro atoms. The smallest absolute Gasteiger partial charge is 0.410 e. The number of carbonyl (C=O) groups excluding carboxylic acids is 1. The van der Waals surface area contributed by atoms with Gasteiger partial charge in [-0.3, -0.25) is 0 Å². The van der Waals surface area contributed by atoms with Gasteiger partial charge in [-0.05, 0) is 52.4 Å². The summed E-state index contributed by atoms with van der Waals surface area (Å²) in [5, 5.41) is 12.8. The molecule has 0 radical (unpaired) electrons. The van der Waals surface area contributed by atoms with E-state index < -0.39 is 5.60 Å². The van der Waals surface area contributed by atoms with E-state index in [2.05, 4.69) is 19.2 Å². The summed E-state index contributed by atoms with van der Waals surface area (Å²) in [6.45, 7) is 11.8. The maximum Gasteiger partial charge on any atom is 0.410 e. The lowest BCUT2D eigenvalue weighted by atomic mass is 9.98. The summed E-state index contributed by atoms with van der Waals surface area (Å²) < 4.78 is 5.46. The van der Waals surface area contributed by atoms with E-state index in [0.717, 1.165) is 38.8 Å². The predicted octanol–water partition coefficient (Wildman–Crippen LogP) is 2.77. The van der Waals surface area contributed by atoms with Crippen molar-refractivity contribution in [3.63, 3.8) is 0 Å². The summed E-state index contributed by atoms with van der Waals surface area (Å²) in [5.74, 6) is 0.498. The molecule has 0 bridgehead atoms. The molecule has 1 saturated heterocycles. The molecule has 1 aliphatic heterocycles. The third-order valence-electron chi connectivity index (χ3n) is 4.07. The number of aliphatic hydroxyl groups excluding tert-OH is 1. The molecule has 22 heavy (non-hydrogen) atoms. The van der Waals surface area contributed by atoms with Crippen LogP contribution in [0, 0.1) is 5.92 Å². The Morgan fingerprint density at radius 3 is 2.55 bits per heavy atom. The molecule has 2 unspecified atom stereocenters. The van der Waals surface area contributed by atoms with Crippen LogP contribution in [0.25, 0.3) is 0 Å². The molecule has 1 amide bonds. The first kappa shape index (κ1) is 19.2. The number of nitrogens with one attached hydrogen (secondary N) is 1. The summed E-state index contributed by atoms with van der Waals surface area (Å²) >= 11 is 0. The zero-order valence-corrected chi connectivity index (χ0v) is 14.9. The van der Waals surface area contributed by atoms with Gasteiger partial charge in [0, 0.05) is 31.8 Å². The highest BCUT2D eigenvalue weighted by molar-refractivity contribution is 5.68. The van der Waals surface area contributed by atoms with Crippen LogP contribution in [0.2, 0.25) is 0 Å². The SMILES string of the molecule is CC(C)C(CCO)NC1CCCN(C(=O)OC(C)(C)C)CC1. The summed E-state index contributed by atoms with van der Waals surface area (Å²) in [5.41, 5.74) is -0.440. The second-order valence-electron chi connectivity index (χ2n) is 7.62. The van der Waals surface area contributed by atoms with Gasteiger partial charge in [0.1, 0.15) is 5.60 Å². The van der Waals surface area contributed by atoms with Gasteiger partial charge >= 0.3 is 6.09 Å². The van der Waals surface area contributed by atoms with Crippen LogP contribution in [-0.2, 0) is 4.74 Å². The highest BCUT2D eigenvalue weighted by Crippen LogP contribution is 2.17. The minimum atomic E-state index is -0.440. The third kappa shape index (κ3) is 6.97. The Labute approximate surface area is 135 Å². The van der Waals surface area contributed by atoms with Crippen molar-refractivity contribution in [1.29, 1.82) is 0 Å². The van der Waals surface area contributed by atoms with Crippen LogP contribution in [0.1, 0.15) is 60.3 Å². The number of ether oxygens (including phenoxy) is 1. The van der Waals surface area contributed by atoms with Crippen molar-refractivity contribution >= 4 is 6.09 Å². The van der Waals surface area contributed by atoms with Crippen LogP contribution in [0.3, 0.4) is 0 Å². The Hall–Kier alpha value is -0.810. The first-order valence-electron chi connectivity index (χ1n) is 8.57. The van der Waals surface area contributed by atoms with Crippen LogP contribution in [0.4, 0.5) is 4.79 Å². The number of carbonyl (C=O) groups is 1. The van der Waals surface area contributed by atoms with E-state index >= 15 is 0 Å². The van der Waals surface area contributed by atoms with Crippen molar-refractivity contribution < 1.29 is 14.6 Å². The van der Waals surface area contributed by atoms with Crippen LogP contribution < -0.4 is 5.32 Å². The van der Waals surface area contributed by atoms with E-state index in [1.807, 2.05) is 25.7 Å². The van der Waals surface area contributed by atoms with Gasteiger partial charge in [-0.25, -0.2) is 4.79 Å². The summed E-state index contributed by atoms with van der Waals surface area (Å²) in [7, 11) is 0. The molecule has 1 fully saturated rings. The van der Waals surface area contributed by atoms with Crippen molar-refractivity contribution in [3.05, 3.63) is 0 Å². The second-order valence-corrected chi connectivity index (χ2v) is 7.62. The fourth-order valence-corrected chi connectivity index (χ4v) is 2.82. The predicted molar refractivity (Wildman–Crippen MR) is 88.9 cm³/mol. The Balaban J connectivity index is 2.49. The fourth-order valence-electron chi connectivity index (χ4n) is 2.82. The lowest BCUT2D eigenvalue weighted by molar-refractivity contribution is 0.0256. The van der Waals surface area contributed by atoms with E-state index in [0.29, 0.717) is 18.0 Å². The number of amides is 1. The zero-order chi connectivity index (χ0) is 16.8. The largest absolute Gasteiger partial charge is 0.444 e. The first-order valence-corrected chi connectivity index (χ1v) is 8.57. The quantitative estimate of drug-likeness (QED) is 0.819. The van der Waals surface area contributed by atoms with Crippen LogP contribution in [0.15, 0.2) is 0 Å². The van der Waals surface area contributed by atoms with E-state index in [9.17, 15) is 9.90 Å². The van der Waals surface area contributed by atoms with Gasteiger partial charge in [0.05, 0.1) is 0 Å². The van der Waals surface area contributed by atoms with Gasteiger partial charge in [0.15, 0.2) is 0 Å². The fraction of sp³-hybridized carbons (Fsp3) is 0.941. The Kier molecular flexibility index (Phi) is 7.63. The zero-order valence-electron chi connectivity index (χ0n) is 14.9. The van der Waals surface area contributed by atoms with Crippen LogP contribution in [-0.4, -0.2) is 53.5 Å². The van der Waals surface area contributed by atoms with Crippen molar-refractivity contribution in [1.82, 2.24) is 10.2 Å². The van der Waals surface area contributed by atoms with Crippen LogP contribution >= 0.6 is 0 Å². The average Bonchev–Trinajstić information content (AvgIpc) is 2.61. The molecule has 5 nitrogen and oxygen atoms in total. The van der Waals surface area contributed by atoms with Crippen LogP contribution in [0.5, 0.6) is 0 Å². The third-order valence-corrected chi connectivity index (χ3v) is 4.07. The van der Waals surface area contributed by atoms with Crippen molar-refractivity contribution in [2.24, 2.45) is 5.92 Å². The molecule has 1 heterocycles. The van der Waals surface area contributed by atoms with E-state index in [1.165, 1.54) is 0 Å². The van der Waals surface area contributed by atoms with Gasteiger partial charge in [-0.1, -0.05) is 13.8 Å². The van der Waals surface area contributed by atoms with Crippen molar-refractivity contribution in [3.8, 4) is 0 Å². The van der Waals surface area contributed by atoms with Gasteiger partial charge in [0.2, 0.25) is 0 Å². The normalized spacial score (nSPS) is 21.6. The Morgan fingerprint density at radius 2 is 2.00 bits per heavy atom. The van der Waals surface area contributed by atoms with E-state index in [4.69, 9.17) is 4.74 Å². The number of aliphatic hydroxyl groups is 1. The minimum Gasteiger partial charge on any atom is -0.444 e. The maximum absolute atomic E-state index is 12.2. The number of likely N-dealkylation sites (tertiary alicyclic amines) is 1. The highest BCUT2D eigenvalue weighted by atomic mass is 16.6. The Bertz CT molecular complexity index is 339. The molecule has 0 aromatic carbocycles. The molecular weight excluding hydrogens is 280 g/mol. The molecular formula is C17H34N2O3. The number of hydrogen-bond acceptors (Lipinski definition) is 4. The first-order chi connectivity index (χ1) is 10.2.